The minimum Gasteiger partial charge on any atom is -0.358 e. The maximum Gasteiger partial charge on any atom is 0.220 e. The molecule has 4 N–H and O–H groups in total. The van der Waals surface area contributed by atoms with Crippen LogP contribution in [0.1, 0.15) is 123 Å². The topological polar surface area (TPSA) is 73.8 Å². The molecule has 0 aromatic carbocycles. The van der Waals surface area contributed by atoms with E-state index in [1.807, 2.05) is 0 Å². The molecule has 0 aliphatic carbocycles. The predicted octanol–water partition coefficient (Wildman–Crippen LogP) is 5.51. The van der Waals surface area contributed by atoms with Gasteiger partial charge in [0.2, 0.25) is 5.91 Å². The summed E-state index contributed by atoms with van der Waals surface area (Å²) in [6, 6.07) is -0.308. The summed E-state index contributed by atoms with van der Waals surface area (Å²) in [5.41, 5.74) is 3.82. The van der Waals surface area contributed by atoms with Gasteiger partial charge in [0.25, 0.3) is 0 Å². The van der Waals surface area contributed by atoms with Gasteiger partial charge in [0.1, 0.15) is 0 Å². The Hall–Kier alpha value is -1.16. The van der Waals surface area contributed by atoms with Gasteiger partial charge in [0.05, 0.1) is 12.6 Å². The third-order valence-electron chi connectivity index (χ3n) is 5.48. The third-order valence-corrected chi connectivity index (χ3v) is 5.48. The van der Waals surface area contributed by atoms with Gasteiger partial charge in [-0.25, -0.2) is 0 Å². The first-order valence-electron chi connectivity index (χ1n) is 12.4. The summed E-state index contributed by atoms with van der Waals surface area (Å²) in [6.07, 6.45) is 24.3. The highest BCUT2D eigenvalue weighted by molar-refractivity contribution is 5.87. The zero-order valence-electron chi connectivity index (χ0n) is 19.5. The van der Waals surface area contributed by atoms with E-state index in [1.165, 1.54) is 70.6 Å². The number of carbonyl (C=O) groups excluding carboxylic acids is 2. The van der Waals surface area contributed by atoms with E-state index in [2.05, 4.69) is 30.1 Å². The summed E-state index contributed by atoms with van der Waals surface area (Å²) < 4.78 is 0. The van der Waals surface area contributed by atoms with Crippen molar-refractivity contribution in [1.29, 1.82) is 0 Å². The third kappa shape index (κ3) is 19.9. The molecule has 0 saturated carbocycles. The van der Waals surface area contributed by atoms with Gasteiger partial charge in [-0.15, -0.1) is 0 Å². The van der Waals surface area contributed by atoms with Crippen LogP contribution in [0.3, 0.4) is 0 Å². The summed E-state index contributed by atoms with van der Waals surface area (Å²) in [6.45, 7) is 4.71. The van der Waals surface area contributed by atoms with Crippen LogP contribution in [-0.2, 0) is 9.59 Å². The van der Waals surface area contributed by atoms with E-state index < -0.39 is 0 Å². The standard InChI is InChI=1S/C25H48N2O2/c1-3-4-5-6-7-8-9-10-11-12-13-14-15-16-17-21-25(29)27-24(23(2)28)20-18-19-22-26/h10-11,24H,3-9,12-22,26H2,1-2H3,(H,27,29)/p+1/b11-10-/t24-/m0/s1. The highest BCUT2D eigenvalue weighted by Gasteiger charge is 2.16. The molecule has 0 aliphatic heterocycles. The first-order valence-corrected chi connectivity index (χ1v) is 12.4. The second-order valence-corrected chi connectivity index (χ2v) is 8.41. The minimum absolute atomic E-state index is 0.0254. The number of Topliss-reactive ketones (excluding diaryl/α,β-unsaturated/α-hetero) is 1. The first kappa shape index (κ1) is 27.8. The zero-order valence-corrected chi connectivity index (χ0v) is 19.5. The van der Waals surface area contributed by atoms with Gasteiger partial charge in [-0.2, -0.15) is 0 Å². The molecule has 0 radical (unpaired) electrons. The Morgan fingerprint density at radius 1 is 0.793 bits per heavy atom. The highest BCUT2D eigenvalue weighted by atomic mass is 16.2. The van der Waals surface area contributed by atoms with E-state index in [0.29, 0.717) is 6.42 Å². The lowest BCUT2D eigenvalue weighted by Gasteiger charge is -2.15. The number of allylic oxidation sites excluding steroid dienone is 2. The summed E-state index contributed by atoms with van der Waals surface area (Å²) in [5, 5.41) is 2.91. The van der Waals surface area contributed by atoms with Crippen molar-refractivity contribution in [2.24, 2.45) is 0 Å². The molecule has 0 fully saturated rings. The van der Waals surface area contributed by atoms with Crippen molar-refractivity contribution in [3.05, 3.63) is 12.2 Å². The summed E-state index contributed by atoms with van der Waals surface area (Å²) in [5.74, 6) is 0.0874. The van der Waals surface area contributed by atoms with Crippen LogP contribution in [0.2, 0.25) is 0 Å². The van der Waals surface area contributed by atoms with Crippen molar-refractivity contribution in [3.63, 3.8) is 0 Å². The molecule has 4 heteroatoms. The Morgan fingerprint density at radius 3 is 1.90 bits per heavy atom. The number of ketones is 1. The Labute approximate surface area is 180 Å². The lowest BCUT2D eigenvalue weighted by atomic mass is 10.0. The maximum atomic E-state index is 12.0. The second-order valence-electron chi connectivity index (χ2n) is 8.41. The molecule has 4 nitrogen and oxygen atoms in total. The van der Waals surface area contributed by atoms with E-state index in [0.717, 1.165) is 38.6 Å². The number of rotatable bonds is 21. The number of carbonyl (C=O) groups is 2. The molecule has 1 amide bonds. The Kier molecular flexibility index (Phi) is 20.7. The van der Waals surface area contributed by atoms with Crippen molar-refractivity contribution in [1.82, 2.24) is 5.32 Å². The molecular weight excluding hydrogens is 360 g/mol. The maximum absolute atomic E-state index is 12.0. The van der Waals surface area contributed by atoms with Crippen LogP contribution < -0.4 is 11.1 Å². The molecule has 0 heterocycles. The molecule has 1 atom stereocenters. The molecule has 0 aliphatic rings. The molecule has 29 heavy (non-hydrogen) atoms. The number of hydrogen-bond acceptors (Lipinski definition) is 2. The van der Waals surface area contributed by atoms with Gasteiger partial charge in [0.15, 0.2) is 5.78 Å². The molecule has 170 valence electrons. The minimum atomic E-state index is -0.308. The number of nitrogens with one attached hydrogen (secondary N) is 1. The van der Waals surface area contributed by atoms with Crippen molar-refractivity contribution in [2.45, 2.75) is 129 Å². The van der Waals surface area contributed by atoms with Gasteiger partial charge in [-0.05, 0) is 58.3 Å². The summed E-state index contributed by atoms with van der Waals surface area (Å²) in [4.78, 5) is 23.7. The SMILES string of the molecule is CCCCCCCC/C=C\CCCCCCCC(=O)N[C@@H](CCCC[NH3+])C(C)=O. The van der Waals surface area contributed by atoms with Crippen molar-refractivity contribution in [2.75, 3.05) is 6.54 Å². The van der Waals surface area contributed by atoms with Crippen molar-refractivity contribution >= 4 is 11.7 Å². The smallest absolute Gasteiger partial charge is 0.220 e. The van der Waals surface area contributed by atoms with E-state index in [4.69, 9.17) is 0 Å². The highest BCUT2D eigenvalue weighted by Crippen LogP contribution is 2.10. The Bertz CT molecular complexity index is 421. The van der Waals surface area contributed by atoms with E-state index in [9.17, 15) is 9.59 Å². The van der Waals surface area contributed by atoms with Crippen LogP contribution >= 0.6 is 0 Å². The van der Waals surface area contributed by atoms with Crippen LogP contribution in [-0.4, -0.2) is 24.3 Å². The van der Waals surface area contributed by atoms with Crippen LogP contribution in [0, 0.1) is 0 Å². The summed E-state index contributed by atoms with van der Waals surface area (Å²) >= 11 is 0. The van der Waals surface area contributed by atoms with E-state index >= 15 is 0 Å². The predicted molar refractivity (Wildman–Crippen MR) is 124 cm³/mol. The Balaban J connectivity index is 3.51. The lowest BCUT2D eigenvalue weighted by Crippen LogP contribution is -2.50. The quantitative estimate of drug-likeness (QED) is 0.194. The van der Waals surface area contributed by atoms with Gasteiger partial charge < -0.3 is 11.1 Å². The fourth-order valence-electron chi connectivity index (χ4n) is 3.53. The van der Waals surface area contributed by atoms with Crippen LogP contribution in [0.4, 0.5) is 0 Å². The van der Waals surface area contributed by atoms with Gasteiger partial charge in [0, 0.05) is 6.42 Å². The largest absolute Gasteiger partial charge is 0.358 e. The molecular formula is C25H49N2O2+. The van der Waals surface area contributed by atoms with Crippen molar-refractivity contribution < 1.29 is 15.3 Å². The lowest BCUT2D eigenvalue weighted by molar-refractivity contribution is -0.368. The fourth-order valence-corrected chi connectivity index (χ4v) is 3.53. The summed E-state index contributed by atoms with van der Waals surface area (Å²) in [7, 11) is 0. The van der Waals surface area contributed by atoms with Crippen LogP contribution in [0.25, 0.3) is 0 Å². The van der Waals surface area contributed by atoms with Crippen LogP contribution in [0.5, 0.6) is 0 Å². The molecule has 0 saturated heterocycles. The molecule has 0 rings (SSSR count). The average molecular weight is 410 g/mol. The average Bonchev–Trinajstić information content (AvgIpc) is 2.70. The number of unbranched alkanes of at least 4 members (excludes halogenated alkanes) is 12. The van der Waals surface area contributed by atoms with E-state index in [1.54, 1.807) is 6.92 Å². The molecule has 0 bridgehead atoms. The van der Waals surface area contributed by atoms with E-state index in [-0.39, 0.29) is 17.7 Å². The van der Waals surface area contributed by atoms with Gasteiger partial charge in [-0.3, -0.25) is 9.59 Å². The van der Waals surface area contributed by atoms with Crippen molar-refractivity contribution in [3.8, 4) is 0 Å². The second kappa shape index (κ2) is 21.5. The zero-order chi connectivity index (χ0) is 21.6. The monoisotopic (exact) mass is 409 g/mol. The van der Waals surface area contributed by atoms with Crippen LogP contribution in [0.15, 0.2) is 12.2 Å². The van der Waals surface area contributed by atoms with Gasteiger partial charge >= 0.3 is 0 Å². The normalized spacial score (nSPS) is 12.4. The number of quaternary nitrogens is 1. The molecule has 0 aromatic heterocycles. The fraction of sp³-hybridized carbons (Fsp3) is 0.840. The first-order chi connectivity index (χ1) is 14.1. The Morgan fingerprint density at radius 2 is 1.34 bits per heavy atom. The number of hydrogen-bond donors (Lipinski definition) is 2. The number of amides is 1. The molecule has 0 unspecified atom stereocenters. The molecule has 0 spiro atoms. The van der Waals surface area contributed by atoms with Gasteiger partial charge in [-0.1, -0.05) is 70.4 Å². The molecule has 0 aromatic rings.